The van der Waals surface area contributed by atoms with Crippen LogP contribution in [0, 0.1) is 26.7 Å². The summed E-state index contributed by atoms with van der Waals surface area (Å²) in [7, 11) is 0. The summed E-state index contributed by atoms with van der Waals surface area (Å²) >= 11 is 0. The fourth-order valence-electron chi connectivity index (χ4n) is 4.02. The van der Waals surface area contributed by atoms with Crippen molar-refractivity contribution in [3.8, 4) is 11.1 Å². The van der Waals surface area contributed by atoms with E-state index < -0.39 is 5.91 Å². The summed E-state index contributed by atoms with van der Waals surface area (Å²) < 4.78 is 1.82. The maximum atomic E-state index is 13.0. The normalized spacial score (nSPS) is 14.0. The first-order chi connectivity index (χ1) is 12.9. The molecule has 27 heavy (non-hydrogen) atoms. The zero-order valence-electron chi connectivity index (χ0n) is 16.1. The highest BCUT2D eigenvalue weighted by molar-refractivity contribution is 6.01. The van der Waals surface area contributed by atoms with Gasteiger partial charge in [-0.15, -0.1) is 0 Å². The molecule has 1 aromatic carbocycles. The molecule has 0 saturated heterocycles. The number of carbonyl (C=O) groups is 1. The molecule has 0 aliphatic heterocycles. The lowest BCUT2D eigenvalue weighted by atomic mass is 9.91. The third-order valence-corrected chi connectivity index (χ3v) is 5.69. The van der Waals surface area contributed by atoms with Gasteiger partial charge in [0.1, 0.15) is 5.52 Å². The van der Waals surface area contributed by atoms with Gasteiger partial charge < -0.3 is 15.3 Å². The number of amides is 1. The number of aromatic amines is 1. The second-order valence-electron chi connectivity index (χ2n) is 7.81. The SMILES string of the molecule is Cc1cc2c(-c3c(C)ccc(C(N)=O)c3C)cn(CCC3CC3)c(=O)c2[nH]1. The summed E-state index contributed by atoms with van der Waals surface area (Å²) in [5, 5.41) is 0.896. The Morgan fingerprint density at radius 3 is 2.67 bits per heavy atom. The molecule has 0 unspecified atom stereocenters. The smallest absolute Gasteiger partial charge is 0.274 e. The fraction of sp³-hybridized carbons (Fsp3) is 0.364. The van der Waals surface area contributed by atoms with Gasteiger partial charge in [0.15, 0.2) is 0 Å². The number of nitrogens with zero attached hydrogens (tertiary/aromatic N) is 1. The molecule has 2 heterocycles. The second kappa shape index (κ2) is 6.41. The van der Waals surface area contributed by atoms with Gasteiger partial charge in [-0.3, -0.25) is 9.59 Å². The van der Waals surface area contributed by atoms with Crippen LogP contribution in [-0.4, -0.2) is 15.5 Å². The molecule has 0 atom stereocenters. The molecule has 5 heteroatoms. The van der Waals surface area contributed by atoms with E-state index in [0.29, 0.717) is 11.1 Å². The minimum Gasteiger partial charge on any atom is -0.366 e. The number of hydrogen-bond acceptors (Lipinski definition) is 2. The quantitative estimate of drug-likeness (QED) is 0.722. The monoisotopic (exact) mass is 363 g/mol. The van der Waals surface area contributed by atoms with E-state index in [0.717, 1.165) is 52.2 Å². The molecule has 3 aromatic rings. The number of H-pyrrole nitrogens is 1. The molecule has 5 nitrogen and oxygen atoms in total. The van der Waals surface area contributed by atoms with E-state index in [1.807, 2.05) is 43.7 Å². The summed E-state index contributed by atoms with van der Waals surface area (Å²) in [4.78, 5) is 28.0. The van der Waals surface area contributed by atoms with E-state index in [2.05, 4.69) is 4.98 Å². The van der Waals surface area contributed by atoms with E-state index in [-0.39, 0.29) is 5.56 Å². The predicted molar refractivity (Wildman–Crippen MR) is 108 cm³/mol. The van der Waals surface area contributed by atoms with Crippen LogP contribution >= 0.6 is 0 Å². The highest BCUT2D eigenvalue weighted by atomic mass is 16.1. The van der Waals surface area contributed by atoms with Crippen LogP contribution in [0.15, 0.2) is 29.2 Å². The van der Waals surface area contributed by atoms with Gasteiger partial charge in [-0.25, -0.2) is 0 Å². The molecule has 2 aromatic heterocycles. The average molecular weight is 363 g/mol. The Hall–Kier alpha value is -2.82. The molecule has 1 fully saturated rings. The summed E-state index contributed by atoms with van der Waals surface area (Å²) in [6, 6.07) is 5.71. The van der Waals surface area contributed by atoms with E-state index >= 15 is 0 Å². The first kappa shape index (κ1) is 17.6. The number of benzene rings is 1. The van der Waals surface area contributed by atoms with Crippen LogP contribution in [0.5, 0.6) is 0 Å². The van der Waals surface area contributed by atoms with Gasteiger partial charge in [-0.2, -0.15) is 0 Å². The van der Waals surface area contributed by atoms with Crippen LogP contribution in [0.4, 0.5) is 0 Å². The molecule has 0 bridgehead atoms. The van der Waals surface area contributed by atoms with Crippen LogP contribution in [0.25, 0.3) is 22.0 Å². The number of rotatable bonds is 5. The number of nitrogens with two attached hydrogens (primary N) is 1. The molecule has 1 aliphatic carbocycles. The minimum atomic E-state index is -0.433. The first-order valence-corrected chi connectivity index (χ1v) is 9.50. The van der Waals surface area contributed by atoms with Gasteiger partial charge in [0.05, 0.1) is 0 Å². The summed E-state index contributed by atoms with van der Waals surface area (Å²) in [6.07, 6.45) is 5.53. The zero-order chi connectivity index (χ0) is 19.3. The molecule has 140 valence electrons. The van der Waals surface area contributed by atoms with Crippen molar-refractivity contribution in [3.05, 3.63) is 57.1 Å². The topological polar surface area (TPSA) is 80.9 Å². The molecule has 3 N–H and O–H groups in total. The third kappa shape index (κ3) is 3.07. The lowest BCUT2D eigenvalue weighted by Crippen LogP contribution is -2.21. The maximum absolute atomic E-state index is 13.0. The number of hydrogen-bond donors (Lipinski definition) is 2. The summed E-state index contributed by atoms with van der Waals surface area (Å²) in [5.74, 6) is 0.320. The van der Waals surface area contributed by atoms with Crippen molar-refractivity contribution in [3.63, 3.8) is 0 Å². The third-order valence-electron chi connectivity index (χ3n) is 5.69. The molecule has 1 amide bonds. The number of nitrogens with one attached hydrogen (secondary N) is 1. The first-order valence-electron chi connectivity index (χ1n) is 9.50. The van der Waals surface area contributed by atoms with Crippen molar-refractivity contribution in [1.29, 1.82) is 0 Å². The van der Waals surface area contributed by atoms with Crippen LogP contribution in [-0.2, 0) is 6.54 Å². The van der Waals surface area contributed by atoms with Crippen molar-refractivity contribution in [2.24, 2.45) is 11.7 Å². The molecule has 0 radical (unpaired) electrons. The van der Waals surface area contributed by atoms with Crippen molar-refractivity contribution in [2.75, 3.05) is 0 Å². The predicted octanol–water partition coefficient (Wildman–Crippen LogP) is 3.82. The number of aromatic nitrogens is 2. The van der Waals surface area contributed by atoms with E-state index in [1.165, 1.54) is 12.8 Å². The largest absolute Gasteiger partial charge is 0.366 e. The van der Waals surface area contributed by atoms with Crippen molar-refractivity contribution >= 4 is 16.8 Å². The lowest BCUT2D eigenvalue weighted by molar-refractivity contribution is 0.1000. The number of carbonyl (C=O) groups excluding carboxylic acids is 1. The Morgan fingerprint density at radius 2 is 2.00 bits per heavy atom. The molecular formula is C22H25N3O2. The van der Waals surface area contributed by atoms with Crippen LogP contribution in [0.3, 0.4) is 0 Å². The van der Waals surface area contributed by atoms with Crippen molar-refractivity contribution in [2.45, 2.75) is 46.6 Å². The van der Waals surface area contributed by atoms with E-state index in [1.54, 1.807) is 6.07 Å². The highest BCUT2D eigenvalue weighted by Crippen LogP contribution is 2.35. The average Bonchev–Trinajstić information content (AvgIpc) is 3.35. The second-order valence-corrected chi connectivity index (χ2v) is 7.81. The molecule has 4 rings (SSSR count). The van der Waals surface area contributed by atoms with Crippen LogP contribution in [0.2, 0.25) is 0 Å². The molecule has 1 saturated carbocycles. The summed E-state index contributed by atoms with van der Waals surface area (Å²) in [6.45, 7) is 6.63. The van der Waals surface area contributed by atoms with Gasteiger partial charge in [0.25, 0.3) is 5.56 Å². The Bertz CT molecular complexity index is 1120. The highest BCUT2D eigenvalue weighted by Gasteiger charge is 2.22. The molecule has 0 spiro atoms. The maximum Gasteiger partial charge on any atom is 0.274 e. The Labute approximate surface area is 158 Å². The lowest BCUT2D eigenvalue weighted by Gasteiger charge is -2.16. The van der Waals surface area contributed by atoms with Gasteiger partial charge >= 0.3 is 0 Å². The van der Waals surface area contributed by atoms with Crippen molar-refractivity contribution in [1.82, 2.24) is 9.55 Å². The van der Waals surface area contributed by atoms with Gasteiger partial charge in [0.2, 0.25) is 5.91 Å². The van der Waals surface area contributed by atoms with Gasteiger partial charge in [-0.1, -0.05) is 18.9 Å². The van der Waals surface area contributed by atoms with Crippen LogP contribution in [0.1, 0.15) is 46.4 Å². The van der Waals surface area contributed by atoms with Crippen LogP contribution < -0.4 is 11.3 Å². The van der Waals surface area contributed by atoms with Crippen molar-refractivity contribution < 1.29 is 4.79 Å². The number of aryl methyl sites for hydroxylation is 3. The number of pyridine rings is 1. The Kier molecular flexibility index (Phi) is 4.17. The van der Waals surface area contributed by atoms with E-state index in [9.17, 15) is 9.59 Å². The number of fused-ring (bicyclic) bond motifs is 1. The molecule has 1 aliphatic rings. The zero-order valence-corrected chi connectivity index (χ0v) is 16.1. The number of primary amides is 1. The van der Waals surface area contributed by atoms with E-state index in [4.69, 9.17) is 5.73 Å². The Morgan fingerprint density at radius 1 is 1.26 bits per heavy atom. The Balaban J connectivity index is 1.98. The van der Waals surface area contributed by atoms with Gasteiger partial charge in [0, 0.05) is 34.9 Å². The standard InChI is InChI=1S/C22H25N3O2/c1-12-4-7-16(21(23)26)14(3)19(12)18-11-25(9-8-15-5-6-15)22(27)20-17(18)10-13(2)24-20/h4,7,10-11,15,24H,5-6,8-9H2,1-3H3,(H2,23,26). The van der Waals surface area contributed by atoms with Gasteiger partial charge in [-0.05, 0) is 61.9 Å². The fourth-order valence-corrected chi connectivity index (χ4v) is 4.02. The minimum absolute atomic E-state index is 0.0175. The summed E-state index contributed by atoms with van der Waals surface area (Å²) in [5.41, 5.74) is 11.6. The molecular weight excluding hydrogens is 338 g/mol.